The number of fused-ring (bicyclic) bond motifs is 1. The molecule has 1 saturated carbocycles. The minimum absolute atomic E-state index is 0.525. The van der Waals surface area contributed by atoms with Crippen LogP contribution < -0.4 is 5.32 Å². The average molecular weight is 291 g/mol. The summed E-state index contributed by atoms with van der Waals surface area (Å²) in [6.07, 6.45) is 12.7. The highest BCUT2D eigenvalue weighted by molar-refractivity contribution is 5.12. The highest BCUT2D eigenvalue weighted by Gasteiger charge is 2.37. The Morgan fingerprint density at radius 2 is 1.43 bits per heavy atom. The first-order valence-corrected chi connectivity index (χ1v) is 9.11. The Balaban J connectivity index is 1.55. The Kier molecular flexibility index (Phi) is 5.06. The number of hydrogen-bond acceptors (Lipinski definition) is 2. The van der Waals surface area contributed by atoms with Crippen LogP contribution in [0.3, 0.4) is 0 Å². The maximum absolute atomic E-state index is 5.59. The van der Waals surface area contributed by atoms with E-state index in [1.54, 1.807) is 11.1 Å². The topological polar surface area (TPSA) is 21.3 Å². The molecule has 1 N–H and O–H groups in total. The standard InChI is InChI=1S/C19H33NO/c1-13-4-6-15(7-5-14(13)2)18-10-8-16-12-17(21-3)9-11-19(16)20-18/h15-20H,4-12H2,1-3H3. The molecule has 1 aliphatic heterocycles. The number of nitrogens with one attached hydrogen (secondary N) is 1. The van der Waals surface area contributed by atoms with E-state index in [0.29, 0.717) is 6.10 Å². The van der Waals surface area contributed by atoms with Gasteiger partial charge in [-0.15, -0.1) is 0 Å². The molecule has 0 spiro atoms. The normalized spacial score (nSPS) is 39.0. The average Bonchev–Trinajstić information content (AvgIpc) is 2.69. The van der Waals surface area contributed by atoms with Crippen LogP contribution in [0.15, 0.2) is 11.1 Å². The number of hydrogen-bond donors (Lipinski definition) is 1. The van der Waals surface area contributed by atoms with Crippen molar-refractivity contribution in [2.24, 2.45) is 11.8 Å². The third-order valence-electron chi connectivity index (χ3n) is 6.62. The zero-order valence-corrected chi connectivity index (χ0v) is 14.2. The van der Waals surface area contributed by atoms with Crippen molar-refractivity contribution in [1.29, 1.82) is 0 Å². The predicted molar refractivity (Wildman–Crippen MR) is 88.4 cm³/mol. The van der Waals surface area contributed by atoms with Crippen LogP contribution in [0, 0.1) is 11.8 Å². The van der Waals surface area contributed by atoms with Crippen molar-refractivity contribution < 1.29 is 4.74 Å². The number of rotatable bonds is 2. The summed E-state index contributed by atoms with van der Waals surface area (Å²) in [5, 5.41) is 4.05. The van der Waals surface area contributed by atoms with Crippen molar-refractivity contribution in [3.8, 4) is 0 Å². The molecular weight excluding hydrogens is 258 g/mol. The van der Waals surface area contributed by atoms with Crippen molar-refractivity contribution in [2.75, 3.05) is 7.11 Å². The van der Waals surface area contributed by atoms with E-state index in [2.05, 4.69) is 19.2 Å². The third-order valence-corrected chi connectivity index (χ3v) is 6.62. The van der Waals surface area contributed by atoms with E-state index in [1.807, 2.05) is 7.11 Å². The molecule has 3 rings (SSSR count). The zero-order valence-electron chi connectivity index (χ0n) is 14.2. The molecule has 21 heavy (non-hydrogen) atoms. The second-order valence-corrected chi connectivity index (χ2v) is 7.79. The van der Waals surface area contributed by atoms with Crippen LogP contribution in [0.2, 0.25) is 0 Å². The molecule has 4 atom stereocenters. The Bertz CT molecular complexity index is 373. The smallest absolute Gasteiger partial charge is 0.0575 e. The Hall–Kier alpha value is -0.340. The van der Waals surface area contributed by atoms with Crippen LogP contribution in [-0.2, 0) is 4.74 Å². The summed E-state index contributed by atoms with van der Waals surface area (Å²) in [6, 6.07) is 1.55. The van der Waals surface area contributed by atoms with E-state index < -0.39 is 0 Å². The Labute approximate surface area is 130 Å². The minimum atomic E-state index is 0.525. The molecule has 3 aliphatic rings. The first-order chi connectivity index (χ1) is 10.2. The first-order valence-electron chi connectivity index (χ1n) is 9.11. The van der Waals surface area contributed by atoms with Gasteiger partial charge in [-0.25, -0.2) is 0 Å². The van der Waals surface area contributed by atoms with Gasteiger partial charge in [0.1, 0.15) is 0 Å². The number of methoxy groups -OCH3 is 1. The van der Waals surface area contributed by atoms with E-state index in [0.717, 1.165) is 23.9 Å². The molecule has 2 heteroatoms. The molecule has 0 aromatic heterocycles. The van der Waals surface area contributed by atoms with E-state index in [1.165, 1.54) is 57.8 Å². The third kappa shape index (κ3) is 3.53. The molecule has 1 heterocycles. The van der Waals surface area contributed by atoms with Crippen molar-refractivity contribution in [1.82, 2.24) is 5.32 Å². The fourth-order valence-corrected chi connectivity index (χ4v) is 4.87. The van der Waals surface area contributed by atoms with Crippen molar-refractivity contribution in [2.45, 2.75) is 89.8 Å². The molecule has 4 unspecified atom stereocenters. The van der Waals surface area contributed by atoms with Gasteiger partial charge in [-0.2, -0.15) is 0 Å². The van der Waals surface area contributed by atoms with Crippen LogP contribution in [0.5, 0.6) is 0 Å². The van der Waals surface area contributed by atoms with Crippen molar-refractivity contribution >= 4 is 0 Å². The fraction of sp³-hybridized carbons (Fsp3) is 0.895. The summed E-state index contributed by atoms with van der Waals surface area (Å²) in [6.45, 7) is 4.68. The molecule has 0 amide bonds. The minimum Gasteiger partial charge on any atom is -0.381 e. The lowest BCUT2D eigenvalue weighted by Gasteiger charge is -2.45. The summed E-state index contributed by atoms with van der Waals surface area (Å²) in [5.41, 5.74) is 3.32. The van der Waals surface area contributed by atoms with Gasteiger partial charge in [0, 0.05) is 19.2 Å². The molecule has 2 fully saturated rings. The second-order valence-electron chi connectivity index (χ2n) is 7.79. The Morgan fingerprint density at radius 1 is 0.810 bits per heavy atom. The van der Waals surface area contributed by atoms with Crippen molar-refractivity contribution in [3.05, 3.63) is 11.1 Å². The van der Waals surface area contributed by atoms with Gasteiger partial charge in [0.2, 0.25) is 0 Å². The molecule has 2 nitrogen and oxygen atoms in total. The largest absolute Gasteiger partial charge is 0.381 e. The number of piperidine rings is 1. The van der Waals surface area contributed by atoms with Crippen LogP contribution in [0.4, 0.5) is 0 Å². The molecule has 1 saturated heterocycles. The van der Waals surface area contributed by atoms with E-state index >= 15 is 0 Å². The van der Waals surface area contributed by atoms with Gasteiger partial charge in [-0.3, -0.25) is 0 Å². The predicted octanol–water partition coefficient (Wildman–Crippen LogP) is 4.45. The fourth-order valence-electron chi connectivity index (χ4n) is 4.87. The highest BCUT2D eigenvalue weighted by Crippen LogP contribution is 2.38. The van der Waals surface area contributed by atoms with Gasteiger partial charge < -0.3 is 10.1 Å². The van der Waals surface area contributed by atoms with Gasteiger partial charge in [0.25, 0.3) is 0 Å². The number of ether oxygens (including phenoxy) is 1. The highest BCUT2D eigenvalue weighted by atomic mass is 16.5. The van der Waals surface area contributed by atoms with Crippen LogP contribution in [-0.4, -0.2) is 25.3 Å². The molecule has 0 bridgehead atoms. The molecule has 2 aliphatic carbocycles. The molecule has 0 radical (unpaired) electrons. The molecular formula is C19H33NO. The van der Waals surface area contributed by atoms with Gasteiger partial charge in [0.15, 0.2) is 0 Å². The monoisotopic (exact) mass is 291 g/mol. The van der Waals surface area contributed by atoms with Crippen LogP contribution >= 0.6 is 0 Å². The van der Waals surface area contributed by atoms with Gasteiger partial charge in [0.05, 0.1) is 6.10 Å². The maximum Gasteiger partial charge on any atom is 0.0575 e. The van der Waals surface area contributed by atoms with E-state index in [-0.39, 0.29) is 0 Å². The molecule has 120 valence electrons. The van der Waals surface area contributed by atoms with E-state index in [9.17, 15) is 0 Å². The quantitative estimate of drug-likeness (QED) is 0.759. The van der Waals surface area contributed by atoms with E-state index in [4.69, 9.17) is 4.74 Å². The van der Waals surface area contributed by atoms with Crippen molar-refractivity contribution in [3.63, 3.8) is 0 Å². The zero-order chi connectivity index (χ0) is 14.8. The van der Waals surface area contributed by atoms with Gasteiger partial charge >= 0.3 is 0 Å². The molecule has 0 aromatic carbocycles. The summed E-state index contributed by atoms with van der Waals surface area (Å²) in [5.74, 6) is 1.77. The SMILES string of the molecule is COC1CCC2NC(C3CCC(C)=C(C)CC3)CCC2C1. The first kappa shape index (κ1) is 15.6. The summed E-state index contributed by atoms with van der Waals surface area (Å²) in [4.78, 5) is 0. The second kappa shape index (κ2) is 6.83. The van der Waals surface area contributed by atoms with Gasteiger partial charge in [-0.05, 0) is 83.5 Å². The summed E-state index contributed by atoms with van der Waals surface area (Å²) in [7, 11) is 1.88. The van der Waals surface area contributed by atoms with Gasteiger partial charge in [-0.1, -0.05) is 11.1 Å². The lowest BCUT2D eigenvalue weighted by Crippen LogP contribution is -2.53. The van der Waals surface area contributed by atoms with Crippen LogP contribution in [0.1, 0.15) is 71.6 Å². The lowest BCUT2D eigenvalue weighted by molar-refractivity contribution is 0.0186. The summed E-state index contributed by atoms with van der Waals surface area (Å²) < 4.78 is 5.59. The lowest BCUT2D eigenvalue weighted by atomic mass is 9.73. The summed E-state index contributed by atoms with van der Waals surface area (Å²) >= 11 is 0. The molecule has 0 aromatic rings. The number of allylic oxidation sites excluding steroid dienone is 2. The Morgan fingerprint density at radius 3 is 2.10 bits per heavy atom. The maximum atomic E-state index is 5.59. The van der Waals surface area contributed by atoms with Crippen LogP contribution in [0.25, 0.3) is 0 Å².